The van der Waals surface area contributed by atoms with Crippen molar-refractivity contribution < 1.29 is 4.74 Å². The summed E-state index contributed by atoms with van der Waals surface area (Å²) in [6.45, 7) is 2.80. The highest BCUT2D eigenvalue weighted by molar-refractivity contribution is 6.30. The molecule has 4 heterocycles. The van der Waals surface area contributed by atoms with Gasteiger partial charge in [-0.15, -0.1) is 0 Å². The molecule has 8 nitrogen and oxygen atoms in total. The van der Waals surface area contributed by atoms with Crippen molar-refractivity contribution in [3.05, 3.63) is 49.9 Å². The minimum absolute atomic E-state index is 0.0616. The van der Waals surface area contributed by atoms with Crippen LogP contribution >= 0.6 is 11.6 Å². The van der Waals surface area contributed by atoms with Crippen LogP contribution in [0.15, 0.2) is 28.0 Å². The van der Waals surface area contributed by atoms with Crippen LogP contribution in [0.4, 0.5) is 5.82 Å². The zero-order valence-electron chi connectivity index (χ0n) is 17.9. The quantitative estimate of drug-likeness (QED) is 0.703. The molecular formula is C23H26ClN5O3. The van der Waals surface area contributed by atoms with Gasteiger partial charge in [-0.2, -0.15) is 5.26 Å². The maximum Gasteiger partial charge on any atom is 0.338 e. The summed E-state index contributed by atoms with van der Waals surface area (Å²) in [5.41, 5.74) is 0.209. The molecule has 3 fully saturated rings. The molecule has 0 N–H and O–H groups in total. The lowest BCUT2D eigenvalue weighted by atomic mass is 9.78. The molecule has 0 unspecified atom stereocenters. The number of aromatic nitrogens is 3. The molecule has 1 spiro atoms. The van der Waals surface area contributed by atoms with E-state index in [1.54, 1.807) is 6.07 Å². The number of rotatable bonds is 4. The molecule has 0 bridgehead atoms. The largest absolute Gasteiger partial charge is 0.381 e. The molecule has 1 aliphatic carbocycles. The van der Waals surface area contributed by atoms with E-state index >= 15 is 0 Å². The number of nitriles is 1. The summed E-state index contributed by atoms with van der Waals surface area (Å²) < 4.78 is 8.22. The van der Waals surface area contributed by atoms with Gasteiger partial charge in [0, 0.05) is 31.3 Å². The molecule has 0 radical (unpaired) electrons. The number of pyridine rings is 1. The second kappa shape index (κ2) is 8.38. The lowest BCUT2D eigenvalue weighted by Gasteiger charge is -2.49. The van der Waals surface area contributed by atoms with Crippen molar-refractivity contribution in [2.45, 2.75) is 51.0 Å². The molecular weight excluding hydrogens is 430 g/mol. The molecule has 168 valence electrons. The molecule has 0 amide bonds. The van der Waals surface area contributed by atoms with Crippen molar-refractivity contribution in [1.82, 2.24) is 14.1 Å². The van der Waals surface area contributed by atoms with E-state index < -0.39 is 5.69 Å². The maximum absolute atomic E-state index is 13.9. The molecule has 2 aromatic heterocycles. The Morgan fingerprint density at radius 3 is 2.66 bits per heavy atom. The minimum atomic E-state index is -0.529. The molecule has 32 heavy (non-hydrogen) atoms. The van der Waals surface area contributed by atoms with E-state index in [-0.39, 0.29) is 23.4 Å². The van der Waals surface area contributed by atoms with Crippen molar-refractivity contribution in [1.29, 1.82) is 5.26 Å². The van der Waals surface area contributed by atoms with Crippen LogP contribution in [0.3, 0.4) is 0 Å². The van der Waals surface area contributed by atoms with Gasteiger partial charge >= 0.3 is 5.69 Å². The molecule has 1 saturated carbocycles. The first-order valence-corrected chi connectivity index (χ1v) is 11.6. The highest BCUT2D eigenvalue weighted by Crippen LogP contribution is 2.43. The molecule has 5 rings (SSSR count). The van der Waals surface area contributed by atoms with Crippen LogP contribution in [0.25, 0.3) is 5.69 Å². The van der Waals surface area contributed by atoms with Crippen molar-refractivity contribution in [2.75, 3.05) is 31.2 Å². The number of halogens is 1. The summed E-state index contributed by atoms with van der Waals surface area (Å²) in [4.78, 5) is 33.6. The smallest absolute Gasteiger partial charge is 0.338 e. The first-order valence-electron chi connectivity index (χ1n) is 11.2. The Bertz CT molecular complexity index is 1180. The number of anilines is 1. The van der Waals surface area contributed by atoms with Crippen LogP contribution in [0.1, 0.15) is 50.0 Å². The van der Waals surface area contributed by atoms with E-state index in [2.05, 4.69) is 16.0 Å². The molecule has 2 saturated heterocycles. The van der Waals surface area contributed by atoms with Crippen LogP contribution < -0.4 is 16.1 Å². The summed E-state index contributed by atoms with van der Waals surface area (Å²) in [6.07, 6.45) is 8.98. The Hall–Kier alpha value is -2.63. The zero-order chi connectivity index (χ0) is 22.3. The van der Waals surface area contributed by atoms with E-state index in [0.717, 1.165) is 62.8 Å². The summed E-state index contributed by atoms with van der Waals surface area (Å²) >= 11 is 6.11. The predicted molar refractivity (Wildman–Crippen MR) is 121 cm³/mol. The van der Waals surface area contributed by atoms with E-state index in [1.807, 2.05) is 0 Å². The van der Waals surface area contributed by atoms with E-state index in [0.29, 0.717) is 28.7 Å². The lowest BCUT2D eigenvalue weighted by molar-refractivity contribution is 0.130. The third kappa shape index (κ3) is 3.54. The van der Waals surface area contributed by atoms with E-state index in [9.17, 15) is 14.9 Å². The number of nitrogens with zero attached hydrogens (tertiary/aromatic N) is 5. The van der Waals surface area contributed by atoms with Crippen molar-refractivity contribution in [3.63, 3.8) is 0 Å². The summed E-state index contributed by atoms with van der Waals surface area (Å²) in [6, 6.07) is 3.69. The highest BCUT2D eigenvalue weighted by Gasteiger charge is 2.48. The van der Waals surface area contributed by atoms with E-state index in [1.165, 1.54) is 17.0 Å². The average molecular weight is 456 g/mol. The number of hydrogen-bond donors (Lipinski definition) is 0. The fourth-order valence-corrected chi connectivity index (χ4v) is 5.69. The highest BCUT2D eigenvalue weighted by atomic mass is 35.5. The Kier molecular flexibility index (Phi) is 5.56. The van der Waals surface area contributed by atoms with Gasteiger partial charge in [0.25, 0.3) is 5.56 Å². The van der Waals surface area contributed by atoms with Crippen LogP contribution in [-0.4, -0.2) is 40.4 Å². The SMILES string of the molecule is N#CCn1c(N2CC3(CCOC3)C2)c(C2CCCCC2)c(=O)n(-c2cncc(Cl)c2)c1=O. The first-order chi connectivity index (χ1) is 15.5. The standard InChI is InChI=1S/C23H26ClN5O3/c24-17-10-18(12-26-11-17)29-21(30)19(16-4-2-1-3-5-16)20(28(8-7-25)22(29)31)27-13-23(14-27)6-9-32-15-23/h10-12,16H,1-6,8-9,13-15H2. The van der Waals surface area contributed by atoms with Gasteiger partial charge in [-0.3, -0.25) is 14.3 Å². The Labute approximate surface area is 191 Å². The predicted octanol–water partition coefficient (Wildman–Crippen LogP) is 2.85. The topological polar surface area (TPSA) is 93.2 Å². The second-order valence-electron chi connectivity index (χ2n) is 9.26. The van der Waals surface area contributed by atoms with Gasteiger partial charge in [0.1, 0.15) is 12.4 Å². The molecule has 2 aromatic rings. The van der Waals surface area contributed by atoms with Crippen molar-refractivity contribution >= 4 is 17.4 Å². The normalized spacial score (nSPS) is 20.3. The van der Waals surface area contributed by atoms with Crippen molar-refractivity contribution in [3.8, 4) is 11.8 Å². The van der Waals surface area contributed by atoms with Gasteiger partial charge < -0.3 is 9.64 Å². The monoisotopic (exact) mass is 455 g/mol. The third-order valence-corrected chi connectivity index (χ3v) is 7.29. The van der Waals surface area contributed by atoms with Crippen LogP contribution in [0.5, 0.6) is 0 Å². The van der Waals surface area contributed by atoms with Crippen molar-refractivity contribution in [2.24, 2.45) is 5.41 Å². The van der Waals surface area contributed by atoms with Gasteiger partial charge in [0.2, 0.25) is 0 Å². The van der Waals surface area contributed by atoms with Crippen LogP contribution in [0, 0.1) is 16.7 Å². The number of ether oxygens (including phenoxy) is 1. The minimum Gasteiger partial charge on any atom is -0.381 e. The number of hydrogen-bond acceptors (Lipinski definition) is 6. The molecule has 9 heteroatoms. The van der Waals surface area contributed by atoms with Gasteiger partial charge in [0.15, 0.2) is 0 Å². The van der Waals surface area contributed by atoms with Crippen LogP contribution in [0.2, 0.25) is 5.02 Å². The zero-order valence-corrected chi connectivity index (χ0v) is 18.7. The molecule has 0 aromatic carbocycles. The average Bonchev–Trinajstić information content (AvgIpc) is 3.26. The summed E-state index contributed by atoms with van der Waals surface area (Å²) in [5, 5.41) is 9.90. The molecule has 3 aliphatic rings. The van der Waals surface area contributed by atoms with Gasteiger partial charge in [-0.05, 0) is 31.2 Å². The Balaban J connectivity index is 1.72. The summed E-state index contributed by atoms with van der Waals surface area (Å²) in [5.74, 6) is 0.684. The third-order valence-electron chi connectivity index (χ3n) is 7.08. The fraction of sp³-hybridized carbons (Fsp3) is 0.565. The summed E-state index contributed by atoms with van der Waals surface area (Å²) in [7, 11) is 0. The lowest BCUT2D eigenvalue weighted by Crippen LogP contribution is -2.59. The van der Waals surface area contributed by atoms with Crippen LogP contribution in [-0.2, 0) is 11.3 Å². The molecule has 0 atom stereocenters. The van der Waals surface area contributed by atoms with E-state index in [4.69, 9.17) is 16.3 Å². The molecule has 2 aliphatic heterocycles. The fourth-order valence-electron chi connectivity index (χ4n) is 5.53. The first kappa shape index (κ1) is 21.2. The van der Waals surface area contributed by atoms with Gasteiger partial charge in [-0.1, -0.05) is 30.9 Å². The van der Waals surface area contributed by atoms with Gasteiger partial charge in [-0.25, -0.2) is 9.36 Å². The van der Waals surface area contributed by atoms with Gasteiger partial charge in [0.05, 0.1) is 35.1 Å². The maximum atomic E-state index is 13.9. The second-order valence-corrected chi connectivity index (χ2v) is 9.70. The Morgan fingerprint density at radius 2 is 2.00 bits per heavy atom. The Morgan fingerprint density at radius 1 is 1.22 bits per heavy atom.